The lowest BCUT2D eigenvalue weighted by atomic mass is 9.93. The third-order valence-corrected chi connectivity index (χ3v) is 3.61. The van der Waals surface area contributed by atoms with E-state index in [0.29, 0.717) is 5.56 Å². The fourth-order valence-electron chi connectivity index (χ4n) is 2.33. The normalized spacial score (nSPS) is 19.7. The maximum Gasteiger partial charge on any atom is 0.249 e. The van der Waals surface area contributed by atoms with Crippen molar-refractivity contribution < 1.29 is 9.90 Å². The van der Waals surface area contributed by atoms with E-state index in [1.165, 1.54) is 0 Å². The lowest BCUT2D eigenvalue weighted by molar-refractivity contribution is -0.00736. The summed E-state index contributed by atoms with van der Waals surface area (Å²) in [6.07, 6.45) is 1.54. The molecule has 4 heteroatoms. The second-order valence-corrected chi connectivity index (χ2v) is 5.29. The third kappa shape index (κ3) is 3.09. The molecule has 0 aliphatic carbocycles. The second-order valence-electron chi connectivity index (χ2n) is 5.29. The summed E-state index contributed by atoms with van der Waals surface area (Å²) in [5.74, 6) is -0.380. The van der Waals surface area contributed by atoms with Crippen molar-refractivity contribution in [3.05, 3.63) is 35.4 Å². The smallest absolute Gasteiger partial charge is 0.249 e. The van der Waals surface area contributed by atoms with E-state index in [1.807, 2.05) is 25.1 Å². The van der Waals surface area contributed by atoms with E-state index in [-0.39, 0.29) is 5.91 Å². The average Bonchev–Trinajstić information content (AvgIpc) is 2.32. The summed E-state index contributed by atoms with van der Waals surface area (Å²) >= 11 is 0. The first-order chi connectivity index (χ1) is 8.48. The molecule has 1 amide bonds. The van der Waals surface area contributed by atoms with Crippen LogP contribution in [0.3, 0.4) is 0 Å². The van der Waals surface area contributed by atoms with Gasteiger partial charge < -0.3 is 10.8 Å². The first-order valence-corrected chi connectivity index (χ1v) is 6.30. The van der Waals surface area contributed by atoms with Gasteiger partial charge in [0.05, 0.1) is 5.60 Å². The van der Waals surface area contributed by atoms with E-state index in [1.54, 1.807) is 6.07 Å². The number of carbonyl (C=O) groups excluding carboxylic acids is 1. The molecule has 1 aliphatic rings. The molecule has 1 heterocycles. The molecular weight excluding hydrogens is 228 g/mol. The molecule has 4 nitrogen and oxygen atoms in total. The Morgan fingerprint density at radius 2 is 2.00 bits per heavy atom. The molecule has 0 atom stereocenters. The van der Waals surface area contributed by atoms with Crippen LogP contribution in [0.15, 0.2) is 24.3 Å². The first kappa shape index (κ1) is 13.1. The molecule has 1 aromatic rings. The topological polar surface area (TPSA) is 66.6 Å². The Morgan fingerprint density at radius 1 is 1.39 bits per heavy atom. The molecular formula is C14H20N2O2. The molecule has 1 fully saturated rings. The first-order valence-electron chi connectivity index (χ1n) is 6.30. The van der Waals surface area contributed by atoms with Crippen LogP contribution in [0.2, 0.25) is 0 Å². The molecule has 0 unspecified atom stereocenters. The number of likely N-dealkylation sites (tertiary alicyclic amines) is 1. The lowest BCUT2D eigenvalue weighted by Gasteiger charge is -2.35. The quantitative estimate of drug-likeness (QED) is 0.842. The number of primary amides is 1. The minimum absolute atomic E-state index is 0.380. The van der Waals surface area contributed by atoms with Crippen LogP contribution in [0.1, 0.15) is 35.7 Å². The van der Waals surface area contributed by atoms with E-state index in [9.17, 15) is 9.90 Å². The van der Waals surface area contributed by atoms with Crippen LogP contribution in [0.4, 0.5) is 0 Å². The number of amides is 1. The van der Waals surface area contributed by atoms with Gasteiger partial charge in [-0.1, -0.05) is 18.2 Å². The minimum Gasteiger partial charge on any atom is -0.390 e. The van der Waals surface area contributed by atoms with Crippen molar-refractivity contribution in [2.75, 3.05) is 13.1 Å². The number of hydrogen-bond donors (Lipinski definition) is 2. The number of piperidine rings is 1. The van der Waals surface area contributed by atoms with E-state index in [0.717, 1.165) is 38.0 Å². The molecule has 0 aromatic heterocycles. The molecule has 0 spiro atoms. The van der Waals surface area contributed by atoms with Gasteiger partial charge in [0, 0.05) is 25.2 Å². The summed E-state index contributed by atoms with van der Waals surface area (Å²) in [4.78, 5) is 13.6. The summed E-state index contributed by atoms with van der Waals surface area (Å²) in [7, 11) is 0. The van der Waals surface area contributed by atoms with Crippen LogP contribution in [0.5, 0.6) is 0 Å². The zero-order valence-electron chi connectivity index (χ0n) is 10.7. The Labute approximate surface area is 107 Å². The molecule has 1 saturated heterocycles. The van der Waals surface area contributed by atoms with Crippen molar-refractivity contribution in [2.45, 2.75) is 31.9 Å². The molecule has 3 N–H and O–H groups in total. The van der Waals surface area contributed by atoms with Gasteiger partial charge in [-0.25, -0.2) is 0 Å². The van der Waals surface area contributed by atoms with E-state index in [4.69, 9.17) is 5.73 Å². The summed E-state index contributed by atoms with van der Waals surface area (Å²) < 4.78 is 0. The van der Waals surface area contributed by atoms with Gasteiger partial charge in [-0.15, -0.1) is 0 Å². The summed E-state index contributed by atoms with van der Waals surface area (Å²) in [6, 6.07) is 7.44. The Morgan fingerprint density at radius 3 is 2.61 bits per heavy atom. The number of nitrogens with two attached hydrogens (primary N) is 1. The standard InChI is InChI=1S/C14H20N2O2/c1-14(18)6-8-16(9-7-14)10-11-4-2-3-5-12(11)13(15)17/h2-5,18H,6-10H2,1H3,(H2,15,17). The SMILES string of the molecule is CC1(O)CCN(Cc2ccccc2C(N)=O)CC1. The predicted octanol–water partition coefficient (Wildman–Crippen LogP) is 1.13. The van der Waals surface area contributed by atoms with Crippen LogP contribution >= 0.6 is 0 Å². The molecule has 0 bridgehead atoms. The van der Waals surface area contributed by atoms with Gasteiger partial charge in [-0.2, -0.15) is 0 Å². The highest BCUT2D eigenvalue weighted by Gasteiger charge is 2.27. The largest absolute Gasteiger partial charge is 0.390 e. The van der Waals surface area contributed by atoms with E-state index >= 15 is 0 Å². The van der Waals surface area contributed by atoms with Gasteiger partial charge >= 0.3 is 0 Å². The number of benzene rings is 1. The third-order valence-electron chi connectivity index (χ3n) is 3.61. The van der Waals surface area contributed by atoms with Crippen molar-refractivity contribution in [1.82, 2.24) is 4.90 Å². The maximum atomic E-state index is 11.3. The van der Waals surface area contributed by atoms with Crippen molar-refractivity contribution >= 4 is 5.91 Å². The van der Waals surface area contributed by atoms with Crippen LogP contribution in [-0.4, -0.2) is 34.6 Å². The monoisotopic (exact) mass is 248 g/mol. The van der Waals surface area contributed by atoms with Crippen molar-refractivity contribution in [2.24, 2.45) is 5.73 Å². The van der Waals surface area contributed by atoms with Gasteiger partial charge in [0.2, 0.25) is 5.91 Å². The number of carbonyl (C=O) groups is 1. The fourth-order valence-corrected chi connectivity index (χ4v) is 2.33. The van der Waals surface area contributed by atoms with Crippen molar-refractivity contribution in [3.63, 3.8) is 0 Å². The van der Waals surface area contributed by atoms with Crippen LogP contribution in [0, 0.1) is 0 Å². The molecule has 2 rings (SSSR count). The van der Waals surface area contributed by atoms with Crippen LogP contribution in [0.25, 0.3) is 0 Å². The fraction of sp³-hybridized carbons (Fsp3) is 0.500. The summed E-state index contributed by atoms with van der Waals surface area (Å²) in [6.45, 7) is 4.29. The van der Waals surface area contributed by atoms with E-state index in [2.05, 4.69) is 4.90 Å². The van der Waals surface area contributed by atoms with Gasteiger partial charge in [-0.05, 0) is 31.4 Å². The molecule has 98 valence electrons. The highest BCUT2D eigenvalue weighted by Crippen LogP contribution is 2.23. The van der Waals surface area contributed by atoms with Gasteiger partial charge in [0.25, 0.3) is 0 Å². The minimum atomic E-state index is -0.542. The highest BCUT2D eigenvalue weighted by atomic mass is 16.3. The van der Waals surface area contributed by atoms with Crippen molar-refractivity contribution in [1.29, 1.82) is 0 Å². The molecule has 0 saturated carbocycles. The Kier molecular flexibility index (Phi) is 3.68. The zero-order chi connectivity index (χ0) is 13.2. The summed E-state index contributed by atoms with van der Waals surface area (Å²) in [5.41, 5.74) is 6.38. The molecule has 0 radical (unpaired) electrons. The number of nitrogens with zero attached hydrogens (tertiary/aromatic N) is 1. The summed E-state index contributed by atoms with van der Waals surface area (Å²) in [5, 5.41) is 9.90. The molecule has 18 heavy (non-hydrogen) atoms. The van der Waals surface area contributed by atoms with E-state index < -0.39 is 5.60 Å². The number of hydrogen-bond acceptors (Lipinski definition) is 3. The Hall–Kier alpha value is -1.39. The molecule has 1 aliphatic heterocycles. The van der Waals surface area contributed by atoms with Gasteiger partial charge in [0.15, 0.2) is 0 Å². The van der Waals surface area contributed by atoms with Gasteiger partial charge in [-0.3, -0.25) is 9.69 Å². The van der Waals surface area contributed by atoms with Gasteiger partial charge in [0.1, 0.15) is 0 Å². The number of aliphatic hydroxyl groups is 1. The number of rotatable bonds is 3. The maximum absolute atomic E-state index is 11.3. The molecule has 1 aromatic carbocycles. The highest BCUT2D eigenvalue weighted by molar-refractivity contribution is 5.94. The van der Waals surface area contributed by atoms with Crippen LogP contribution < -0.4 is 5.73 Å². The lowest BCUT2D eigenvalue weighted by Crippen LogP contribution is -2.42. The van der Waals surface area contributed by atoms with Crippen LogP contribution in [-0.2, 0) is 6.54 Å². The Bertz CT molecular complexity index is 433. The second kappa shape index (κ2) is 5.08. The zero-order valence-corrected chi connectivity index (χ0v) is 10.7. The average molecular weight is 248 g/mol. The Balaban J connectivity index is 2.04. The predicted molar refractivity (Wildman–Crippen MR) is 70.1 cm³/mol. The van der Waals surface area contributed by atoms with Crippen molar-refractivity contribution in [3.8, 4) is 0 Å².